The monoisotopic (exact) mass is 346 g/mol. The van der Waals surface area contributed by atoms with Gasteiger partial charge in [0.05, 0.1) is 5.69 Å². The summed E-state index contributed by atoms with van der Waals surface area (Å²) in [5.74, 6) is -0.289. The summed E-state index contributed by atoms with van der Waals surface area (Å²) in [6.45, 7) is 3.45. The number of rotatable bonds is 4. The van der Waals surface area contributed by atoms with Gasteiger partial charge < -0.3 is 0 Å². The van der Waals surface area contributed by atoms with Crippen molar-refractivity contribution in [1.82, 2.24) is 0 Å². The van der Waals surface area contributed by atoms with Crippen LogP contribution >= 0.6 is 0 Å². The molecule has 5 heteroatoms. The number of aryl methyl sites for hydroxylation is 1. The van der Waals surface area contributed by atoms with E-state index in [1.165, 1.54) is 6.92 Å². The Bertz CT molecular complexity index is 986. The number of anilines is 1. The molecule has 0 spiro atoms. The highest BCUT2D eigenvalue weighted by atomic mass is 16.7. The molecule has 1 N–H and O–H groups in total. The Hall–Kier alpha value is -3.47. The van der Waals surface area contributed by atoms with E-state index in [1.54, 1.807) is 18.2 Å². The Kier molecular flexibility index (Phi) is 5.08. The van der Waals surface area contributed by atoms with Crippen LogP contribution in [0.15, 0.2) is 71.9 Å². The molecule has 5 nitrogen and oxygen atoms in total. The number of carbonyl (C=O) groups is 2. The number of nitrogens with zero attached hydrogens (tertiary/aromatic N) is 1. The first-order chi connectivity index (χ1) is 12.5. The highest BCUT2D eigenvalue weighted by Crippen LogP contribution is 2.23. The summed E-state index contributed by atoms with van der Waals surface area (Å²) in [7, 11) is 0. The summed E-state index contributed by atoms with van der Waals surface area (Å²) >= 11 is 0. The minimum atomic E-state index is -0.752. The van der Waals surface area contributed by atoms with Gasteiger partial charge in [0.1, 0.15) is 5.71 Å². The molecule has 0 fully saturated rings. The van der Waals surface area contributed by atoms with Gasteiger partial charge in [0, 0.05) is 10.9 Å². The van der Waals surface area contributed by atoms with Crippen LogP contribution in [-0.2, 0) is 4.84 Å². The normalized spacial score (nSPS) is 11.2. The highest BCUT2D eigenvalue weighted by molar-refractivity contribution is 6.45. The largest absolute Gasteiger partial charge is 0.437 e. The summed E-state index contributed by atoms with van der Waals surface area (Å²) in [4.78, 5) is 29.1. The first kappa shape index (κ1) is 17.4. The molecule has 0 atom stereocenters. The Morgan fingerprint density at radius 2 is 1.62 bits per heavy atom. The Labute approximate surface area is 151 Å². The van der Waals surface area contributed by atoms with Gasteiger partial charge in [-0.15, -0.1) is 0 Å². The van der Waals surface area contributed by atoms with E-state index in [4.69, 9.17) is 4.84 Å². The quantitative estimate of drug-likeness (QED) is 0.314. The Morgan fingerprint density at radius 3 is 2.38 bits per heavy atom. The predicted molar refractivity (Wildman–Crippen MR) is 103 cm³/mol. The molecule has 0 bridgehead atoms. The summed E-state index contributed by atoms with van der Waals surface area (Å²) in [6.07, 6.45) is -0.752. The van der Waals surface area contributed by atoms with E-state index in [0.717, 1.165) is 16.3 Å². The van der Waals surface area contributed by atoms with Crippen LogP contribution in [0.1, 0.15) is 22.8 Å². The van der Waals surface area contributed by atoms with Crippen molar-refractivity contribution in [1.29, 1.82) is 0 Å². The second kappa shape index (κ2) is 7.61. The first-order valence-corrected chi connectivity index (χ1v) is 8.16. The average Bonchev–Trinajstić information content (AvgIpc) is 2.66. The van der Waals surface area contributed by atoms with Gasteiger partial charge in [-0.3, -0.25) is 14.9 Å². The van der Waals surface area contributed by atoms with E-state index in [2.05, 4.69) is 10.5 Å². The van der Waals surface area contributed by atoms with Crippen LogP contribution < -0.4 is 5.32 Å². The van der Waals surface area contributed by atoms with Crippen LogP contribution in [0.2, 0.25) is 0 Å². The third-order valence-corrected chi connectivity index (χ3v) is 3.93. The van der Waals surface area contributed by atoms with Gasteiger partial charge in [0.15, 0.2) is 0 Å². The van der Waals surface area contributed by atoms with Gasteiger partial charge in [-0.2, -0.15) is 0 Å². The van der Waals surface area contributed by atoms with Gasteiger partial charge in [-0.05, 0) is 25.3 Å². The molecule has 26 heavy (non-hydrogen) atoms. The average molecular weight is 346 g/mol. The minimum absolute atomic E-state index is 0.0990. The Balaban J connectivity index is 1.68. The topological polar surface area (TPSA) is 67.8 Å². The van der Waals surface area contributed by atoms with E-state index in [9.17, 15) is 9.59 Å². The highest BCUT2D eigenvalue weighted by Gasteiger charge is 2.12. The van der Waals surface area contributed by atoms with Crippen LogP contribution in [0.25, 0.3) is 10.8 Å². The van der Waals surface area contributed by atoms with Crippen molar-refractivity contribution in [3.63, 3.8) is 0 Å². The zero-order valence-electron chi connectivity index (χ0n) is 14.5. The molecule has 130 valence electrons. The molecule has 1 amide bonds. The van der Waals surface area contributed by atoms with Crippen LogP contribution in [-0.4, -0.2) is 17.6 Å². The van der Waals surface area contributed by atoms with Gasteiger partial charge in [-0.1, -0.05) is 71.4 Å². The van der Waals surface area contributed by atoms with Crippen molar-refractivity contribution in [3.05, 3.63) is 77.9 Å². The van der Waals surface area contributed by atoms with Crippen LogP contribution in [0.5, 0.6) is 0 Å². The third-order valence-electron chi connectivity index (χ3n) is 3.93. The molecule has 0 aliphatic rings. The standard InChI is InChI=1S/C21H18N2O3/c1-14-10-12-17(13-11-14)20(24)15(2)23-26-21(25)22-19-9-5-7-16-6-3-4-8-18(16)19/h3-13H,1-2H3,(H,22,25). The number of nitrogens with one attached hydrogen (secondary N) is 1. The summed E-state index contributed by atoms with van der Waals surface area (Å²) in [6, 6.07) is 20.4. The van der Waals surface area contributed by atoms with E-state index in [0.29, 0.717) is 11.3 Å². The molecule has 3 rings (SSSR count). The van der Waals surface area contributed by atoms with Crippen LogP contribution in [0.3, 0.4) is 0 Å². The number of hydrogen-bond acceptors (Lipinski definition) is 4. The van der Waals surface area contributed by atoms with Crippen molar-refractivity contribution in [2.24, 2.45) is 5.16 Å². The Morgan fingerprint density at radius 1 is 0.923 bits per heavy atom. The second-order valence-electron chi connectivity index (χ2n) is 5.90. The van der Waals surface area contributed by atoms with Gasteiger partial charge in [-0.25, -0.2) is 4.79 Å². The van der Waals surface area contributed by atoms with Gasteiger partial charge >= 0.3 is 6.09 Å². The lowest BCUT2D eigenvalue weighted by Crippen LogP contribution is -2.15. The predicted octanol–water partition coefficient (Wildman–Crippen LogP) is 4.96. The van der Waals surface area contributed by atoms with Crippen molar-refractivity contribution in [2.45, 2.75) is 13.8 Å². The maximum absolute atomic E-state index is 12.3. The third kappa shape index (κ3) is 3.95. The number of hydrogen-bond donors (Lipinski definition) is 1. The molecular formula is C21H18N2O3. The van der Waals surface area contributed by atoms with E-state index in [-0.39, 0.29) is 11.5 Å². The number of amides is 1. The maximum Gasteiger partial charge on any atom is 0.437 e. The molecule has 0 saturated heterocycles. The molecule has 0 aliphatic heterocycles. The molecule has 0 unspecified atom stereocenters. The smallest absolute Gasteiger partial charge is 0.297 e. The number of Topliss-reactive ketones (excluding diaryl/α,β-unsaturated/α-hetero) is 1. The van der Waals surface area contributed by atoms with Crippen molar-refractivity contribution in [2.75, 3.05) is 5.32 Å². The first-order valence-electron chi connectivity index (χ1n) is 8.16. The summed E-state index contributed by atoms with van der Waals surface area (Å²) in [5.41, 5.74) is 2.27. The van der Waals surface area contributed by atoms with Gasteiger partial charge in [0.2, 0.25) is 5.78 Å². The molecule has 0 aliphatic carbocycles. The fourth-order valence-electron chi connectivity index (χ4n) is 2.53. The van der Waals surface area contributed by atoms with Crippen molar-refractivity contribution in [3.8, 4) is 0 Å². The molecule has 0 saturated carbocycles. The van der Waals surface area contributed by atoms with Crippen LogP contribution in [0.4, 0.5) is 10.5 Å². The number of carbonyl (C=O) groups excluding carboxylic acids is 2. The molecule has 0 heterocycles. The lowest BCUT2D eigenvalue weighted by Gasteiger charge is -2.07. The zero-order chi connectivity index (χ0) is 18.5. The number of oxime groups is 1. The maximum atomic E-state index is 12.3. The lowest BCUT2D eigenvalue weighted by molar-refractivity contribution is 0.105. The van der Waals surface area contributed by atoms with Crippen molar-refractivity contribution >= 4 is 34.0 Å². The summed E-state index contributed by atoms with van der Waals surface area (Å²) < 4.78 is 0. The van der Waals surface area contributed by atoms with E-state index in [1.807, 2.05) is 55.5 Å². The molecule has 0 aromatic heterocycles. The van der Waals surface area contributed by atoms with E-state index >= 15 is 0 Å². The summed E-state index contributed by atoms with van der Waals surface area (Å²) in [5, 5.41) is 8.19. The lowest BCUT2D eigenvalue weighted by atomic mass is 10.1. The van der Waals surface area contributed by atoms with E-state index < -0.39 is 6.09 Å². The SMILES string of the molecule is CC(=NOC(=O)Nc1cccc2ccccc12)C(=O)c1ccc(C)cc1. The fraction of sp³-hybridized carbons (Fsp3) is 0.0952. The molecule has 3 aromatic rings. The molecule has 0 radical (unpaired) electrons. The minimum Gasteiger partial charge on any atom is -0.297 e. The second-order valence-corrected chi connectivity index (χ2v) is 5.90. The number of benzene rings is 3. The zero-order valence-corrected chi connectivity index (χ0v) is 14.5. The number of fused-ring (bicyclic) bond motifs is 1. The van der Waals surface area contributed by atoms with Gasteiger partial charge in [0.25, 0.3) is 0 Å². The number of ketones is 1. The van der Waals surface area contributed by atoms with Crippen molar-refractivity contribution < 1.29 is 14.4 Å². The van der Waals surface area contributed by atoms with Crippen LogP contribution in [0, 0.1) is 6.92 Å². The molecule has 3 aromatic carbocycles. The molecular weight excluding hydrogens is 328 g/mol. The fourth-order valence-corrected chi connectivity index (χ4v) is 2.53.